The topological polar surface area (TPSA) is 78.4 Å². The number of aryl methyl sites for hydroxylation is 1. The highest BCUT2D eigenvalue weighted by Gasteiger charge is 2.15. The Labute approximate surface area is 104 Å². The van der Waals surface area contributed by atoms with Crippen LogP contribution in [0.15, 0.2) is 18.2 Å². The Morgan fingerprint density at radius 1 is 1.41 bits per heavy atom. The van der Waals surface area contributed by atoms with Crippen LogP contribution in [0, 0.1) is 6.92 Å². The molecule has 1 atom stereocenters. The summed E-state index contributed by atoms with van der Waals surface area (Å²) in [5.41, 5.74) is 1.28. The molecule has 0 aliphatic heterocycles. The van der Waals surface area contributed by atoms with E-state index in [0.29, 0.717) is 10.7 Å². The molecule has 0 fully saturated rings. The van der Waals surface area contributed by atoms with Gasteiger partial charge in [0.15, 0.2) is 0 Å². The van der Waals surface area contributed by atoms with E-state index in [-0.39, 0.29) is 0 Å². The number of aliphatic carboxylic acids is 1. The van der Waals surface area contributed by atoms with Gasteiger partial charge in [-0.05, 0) is 25.5 Å². The Morgan fingerprint density at radius 3 is 2.59 bits per heavy atom. The number of benzene rings is 1. The Hall–Kier alpha value is -1.75. The van der Waals surface area contributed by atoms with Crippen molar-refractivity contribution in [1.82, 2.24) is 5.32 Å². The summed E-state index contributed by atoms with van der Waals surface area (Å²) in [4.78, 5) is 22.0. The van der Waals surface area contributed by atoms with E-state index in [2.05, 4.69) is 10.6 Å². The summed E-state index contributed by atoms with van der Waals surface area (Å²) in [5, 5.41) is 13.8. The number of carboxylic acid groups (broad SMARTS) is 1. The summed E-state index contributed by atoms with van der Waals surface area (Å²) in [6.45, 7) is 3.17. The van der Waals surface area contributed by atoms with Crippen molar-refractivity contribution >= 4 is 29.3 Å². The molecule has 0 saturated carbocycles. The highest BCUT2D eigenvalue weighted by atomic mass is 35.5. The van der Waals surface area contributed by atoms with Gasteiger partial charge in [-0.1, -0.05) is 23.7 Å². The summed E-state index contributed by atoms with van der Waals surface area (Å²) < 4.78 is 0. The average molecular weight is 257 g/mol. The molecule has 0 aliphatic rings. The zero-order valence-electron chi connectivity index (χ0n) is 9.45. The molecule has 0 aliphatic carbocycles. The lowest BCUT2D eigenvalue weighted by molar-refractivity contribution is -0.138. The maximum absolute atomic E-state index is 11.5. The molecule has 0 spiro atoms. The van der Waals surface area contributed by atoms with Crippen LogP contribution < -0.4 is 10.6 Å². The second-order valence-electron chi connectivity index (χ2n) is 3.59. The molecule has 0 bridgehead atoms. The molecule has 1 aromatic carbocycles. The fraction of sp³-hybridized carbons (Fsp3) is 0.273. The monoisotopic (exact) mass is 256 g/mol. The first kappa shape index (κ1) is 13.3. The Balaban J connectivity index is 2.72. The van der Waals surface area contributed by atoms with Crippen LogP contribution in [0.5, 0.6) is 0 Å². The molecule has 6 heteroatoms. The van der Waals surface area contributed by atoms with E-state index in [1.54, 1.807) is 25.1 Å². The van der Waals surface area contributed by atoms with Gasteiger partial charge in [-0.3, -0.25) is 4.79 Å². The van der Waals surface area contributed by atoms with Gasteiger partial charge in [0.2, 0.25) is 0 Å². The molecule has 0 radical (unpaired) electrons. The smallest absolute Gasteiger partial charge is 0.325 e. The van der Waals surface area contributed by atoms with Gasteiger partial charge in [-0.25, -0.2) is 4.79 Å². The minimum absolute atomic E-state index is 0.406. The van der Waals surface area contributed by atoms with Crippen molar-refractivity contribution in [1.29, 1.82) is 0 Å². The normalized spacial score (nSPS) is 11.7. The predicted octanol–water partition coefficient (Wildman–Crippen LogP) is 2.24. The van der Waals surface area contributed by atoms with Gasteiger partial charge in [-0.2, -0.15) is 0 Å². The van der Waals surface area contributed by atoms with Gasteiger partial charge in [0, 0.05) is 0 Å². The van der Waals surface area contributed by atoms with Gasteiger partial charge in [-0.15, -0.1) is 0 Å². The molecule has 1 aromatic rings. The number of anilines is 1. The first-order chi connectivity index (χ1) is 7.91. The molecule has 2 amide bonds. The fourth-order valence-electron chi connectivity index (χ4n) is 1.20. The Morgan fingerprint density at radius 2 is 2.06 bits per heavy atom. The maximum atomic E-state index is 11.5. The van der Waals surface area contributed by atoms with Crippen LogP contribution in [-0.2, 0) is 4.79 Å². The molecular weight excluding hydrogens is 244 g/mol. The third-order valence-corrected chi connectivity index (χ3v) is 2.49. The van der Waals surface area contributed by atoms with Crippen molar-refractivity contribution in [2.45, 2.75) is 19.9 Å². The number of para-hydroxylation sites is 1. The highest BCUT2D eigenvalue weighted by molar-refractivity contribution is 6.33. The lowest BCUT2D eigenvalue weighted by atomic mass is 10.2. The van der Waals surface area contributed by atoms with Gasteiger partial charge in [0.1, 0.15) is 6.04 Å². The molecule has 0 saturated heterocycles. The molecule has 17 heavy (non-hydrogen) atoms. The van der Waals surface area contributed by atoms with Gasteiger partial charge in [0.25, 0.3) is 0 Å². The lowest BCUT2D eigenvalue weighted by Crippen LogP contribution is -2.41. The largest absolute Gasteiger partial charge is 0.480 e. The molecule has 1 rings (SSSR count). The minimum atomic E-state index is -1.10. The van der Waals surface area contributed by atoms with Gasteiger partial charge >= 0.3 is 12.0 Å². The van der Waals surface area contributed by atoms with Crippen molar-refractivity contribution < 1.29 is 14.7 Å². The molecule has 0 aromatic heterocycles. The van der Waals surface area contributed by atoms with Crippen LogP contribution in [0.2, 0.25) is 5.02 Å². The minimum Gasteiger partial charge on any atom is -0.480 e. The zero-order valence-corrected chi connectivity index (χ0v) is 10.2. The molecule has 92 valence electrons. The number of hydrogen-bond acceptors (Lipinski definition) is 2. The second-order valence-corrected chi connectivity index (χ2v) is 4.00. The Kier molecular flexibility index (Phi) is 4.34. The number of rotatable bonds is 3. The summed E-state index contributed by atoms with van der Waals surface area (Å²) in [5.74, 6) is -1.10. The highest BCUT2D eigenvalue weighted by Crippen LogP contribution is 2.24. The number of halogens is 1. The van der Waals surface area contributed by atoms with Crippen molar-refractivity contribution in [3.8, 4) is 0 Å². The number of hydrogen-bond donors (Lipinski definition) is 3. The van der Waals surface area contributed by atoms with Crippen molar-refractivity contribution in [3.63, 3.8) is 0 Å². The number of nitrogens with one attached hydrogen (secondary N) is 2. The first-order valence-corrected chi connectivity index (χ1v) is 5.35. The van der Waals surface area contributed by atoms with E-state index >= 15 is 0 Å². The summed E-state index contributed by atoms with van der Waals surface area (Å²) in [7, 11) is 0. The number of urea groups is 1. The third-order valence-electron chi connectivity index (χ3n) is 2.18. The van der Waals surface area contributed by atoms with Crippen LogP contribution >= 0.6 is 11.6 Å². The molecule has 3 N–H and O–H groups in total. The first-order valence-electron chi connectivity index (χ1n) is 4.97. The van der Waals surface area contributed by atoms with E-state index in [0.717, 1.165) is 5.56 Å². The van der Waals surface area contributed by atoms with Crippen LogP contribution in [0.1, 0.15) is 12.5 Å². The number of carbonyl (C=O) groups excluding carboxylic acids is 1. The maximum Gasteiger partial charge on any atom is 0.325 e. The molecule has 0 heterocycles. The fourth-order valence-corrected chi connectivity index (χ4v) is 1.47. The van der Waals surface area contributed by atoms with E-state index in [1.165, 1.54) is 6.92 Å². The SMILES string of the molecule is Cc1cccc(Cl)c1NC(=O)N[C@H](C)C(=O)O. The quantitative estimate of drug-likeness (QED) is 0.776. The number of amides is 2. The van der Waals surface area contributed by atoms with Gasteiger partial charge in [0.05, 0.1) is 10.7 Å². The van der Waals surface area contributed by atoms with E-state index < -0.39 is 18.0 Å². The summed E-state index contributed by atoms with van der Waals surface area (Å²) >= 11 is 5.91. The molecular formula is C11H13ClN2O3. The van der Waals surface area contributed by atoms with Crippen molar-refractivity contribution in [2.24, 2.45) is 0 Å². The molecule has 0 unspecified atom stereocenters. The standard InChI is InChI=1S/C11H13ClN2O3/c1-6-4-3-5-8(12)9(6)14-11(17)13-7(2)10(15)16/h3-5,7H,1-2H3,(H,15,16)(H2,13,14,17)/t7-/m1/s1. The van der Waals surface area contributed by atoms with Crippen molar-refractivity contribution in [3.05, 3.63) is 28.8 Å². The van der Waals surface area contributed by atoms with Crippen LogP contribution in [0.25, 0.3) is 0 Å². The van der Waals surface area contributed by atoms with Crippen LogP contribution in [0.3, 0.4) is 0 Å². The van der Waals surface area contributed by atoms with Crippen LogP contribution in [-0.4, -0.2) is 23.1 Å². The molecule has 5 nitrogen and oxygen atoms in total. The summed E-state index contributed by atoms with van der Waals surface area (Å²) in [6.07, 6.45) is 0. The van der Waals surface area contributed by atoms with E-state index in [4.69, 9.17) is 16.7 Å². The second kappa shape index (κ2) is 5.54. The van der Waals surface area contributed by atoms with Crippen LogP contribution in [0.4, 0.5) is 10.5 Å². The summed E-state index contributed by atoms with van der Waals surface area (Å²) in [6, 6.07) is 3.64. The third kappa shape index (κ3) is 3.64. The number of carboxylic acids is 1. The zero-order chi connectivity index (χ0) is 13.0. The predicted molar refractivity (Wildman–Crippen MR) is 65.4 cm³/mol. The average Bonchev–Trinajstić information content (AvgIpc) is 2.23. The van der Waals surface area contributed by atoms with Crippen molar-refractivity contribution in [2.75, 3.05) is 5.32 Å². The Bertz CT molecular complexity index is 428. The van der Waals surface area contributed by atoms with E-state index in [9.17, 15) is 9.59 Å². The van der Waals surface area contributed by atoms with E-state index in [1.807, 2.05) is 0 Å². The van der Waals surface area contributed by atoms with Gasteiger partial charge < -0.3 is 15.7 Å². The number of carbonyl (C=O) groups is 2. The lowest BCUT2D eigenvalue weighted by Gasteiger charge is -2.13.